The Morgan fingerprint density at radius 2 is 1.69 bits per heavy atom. The molecule has 0 spiro atoms. The molecule has 2 N–H and O–H groups in total. The van der Waals surface area contributed by atoms with Crippen LogP contribution in [0.1, 0.15) is 17.7 Å². The third kappa shape index (κ3) is 3.09. The van der Waals surface area contributed by atoms with Crippen molar-refractivity contribution >= 4 is 5.82 Å². The van der Waals surface area contributed by atoms with E-state index in [9.17, 15) is 0 Å². The predicted molar refractivity (Wildman–Crippen MR) is 67.1 cm³/mol. The Morgan fingerprint density at radius 1 is 0.875 bits per heavy atom. The molecule has 16 heavy (non-hydrogen) atoms. The smallest absolute Gasteiger partial charge is 0.123 e. The summed E-state index contributed by atoms with van der Waals surface area (Å²) in [5, 5.41) is 0. The van der Waals surface area contributed by atoms with Gasteiger partial charge in [0.05, 0.1) is 0 Å². The lowest BCUT2D eigenvalue weighted by Gasteiger charge is -2.02. The average Bonchev–Trinajstić information content (AvgIpc) is 2.30. The van der Waals surface area contributed by atoms with Gasteiger partial charge in [-0.05, 0) is 37.0 Å². The van der Waals surface area contributed by atoms with Crippen LogP contribution in [0.4, 0.5) is 5.82 Å². The van der Waals surface area contributed by atoms with E-state index in [1.807, 2.05) is 24.3 Å². The van der Waals surface area contributed by atoms with Crippen LogP contribution in [0.25, 0.3) is 0 Å². The topological polar surface area (TPSA) is 38.9 Å². The number of nitrogens with two attached hydrogens (primary N) is 1. The third-order valence-electron chi connectivity index (χ3n) is 2.57. The largest absolute Gasteiger partial charge is 0.384 e. The monoisotopic (exact) mass is 212 g/mol. The number of benzene rings is 1. The second-order valence-corrected chi connectivity index (χ2v) is 3.89. The summed E-state index contributed by atoms with van der Waals surface area (Å²) in [6, 6.07) is 16.3. The van der Waals surface area contributed by atoms with E-state index in [1.54, 1.807) is 0 Å². The second-order valence-electron chi connectivity index (χ2n) is 3.89. The zero-order valence-electron chi connectivity index (χ0n) is 9.26. The third-order valence-corrected chi connectivity index (χ3v) is 2.57. The molecule has 1 heterocycles. The minimum atomic E-state index is 0.609. The van der Waals surface area contributed by atoms with Gasteiger partial charge in [0, 0.05) is 5.69 Å². The number of aromatic nitrogens is 1. The summed E-state index contributed by atoms with van der Waals surface area (Å²) in [5.41, 5.74) is 8.09. The van der Waals surface area contributed by atoms with Crippen LogP contribution in [-0.4, -0.2) is 4.98 Å². The fourth-order valence-corrected chi connectivity index (χ4v) is 1.76. The molecule has 0 aliphatic carbocycles. The minimum absolute atomic E-state index is 0.609. The van der Waals surface area contributed by atoms with Gasteiger partial charge < -0.3 is 5.73 Å². The zero-order valence-corrected chi connectivity index (χ0v) is 9.26. The lowest BCUT2D eigenvalue weighted by atomic mass is 10.1. The Labute approximate surface area is 96.1 Å². The molecule has 0 saturated heterocycles. The van der Waals surface area contributed by atoms with Gasteiger partial charge in [-0.15, -0.1) is 0 Å². The summed E-state index contributed by atoms with van der Waals surface area (Å²) in [7, 11) is 0. The molecule has 82 valence electrons. The van der Waals surface area contributed by atoms with Crippen LogP contribution in [0.15, 0.2) is 48.5 Å². The van der Waals surface area contributed by atoms with Crippen LogP contribution in [0.3, 0.4) is 0 Å². The summed E-state index contributed by atoms with van der Waals surface area (Å²) in [6.45, 7) is 0. The van der Waals surface area contributed by atoms with Gasteiger partial charge in [-0.25, -0.2) is 4.98 Å². The summed E-state index contributed by atoms with van der Waals surface area (Å²) < 4.78 is 0. The number of hydrogen-bond donors (Lipinski definition) is 1. The molecular formula is C14H16N2. The van der Waals surface area contributed by atoms with Crippen LogP contribution in [0.2, 0.25) is 0 Å². The van der Waals surface area contributed by atoms with Crippen LogP contribution < -0.4 is 5.73 Å². The van der Waals surface area contributed by atoms with E-state index in [0.717, 1.165) is 25.0 Å². The van der Waals surface area contributed by atoms with Crippen LogP contribution in [0.5, 0.6) is 0 Å². The normalized spacial score (nSPS) is 10.2. The number of nitrogens with zero attached hydrogens (tertiary/aromatic N) is 1. The minimum Gasteiger partial charge on any atom is -0.384 e. The highest BCUT2D eigenvalue weighted by Crippen LogP contribution is 2.07. The van der Waals surface area contributed by atoms with E-state index in [2.05, 4.69) is 29.2 Å². The van der Waals surface area contributed by atoms with Gasteiger partial charge in [0.25, 0.3) is 0 Å². The number of pyridine rings is 1. The van der Waals surface area contributed by atoms with Gasteiger partial charge >= 0.3 is 0 Å². The van der Waals surface area contributed by atoms with E-state index >= 15 is 0 Å². The Kier molecular flexibility index (Phi) is 3.54. The molecule has 0 atom stereocenters. The van der Waals surface area contributed by atoms with E-state index < -0.39 is 0 Å². The SMILES string of the molecule is Nc1cccc(CCCc2ccccc2)n1. The lowest BCUT2D eigenvalue weighted by Crippen LogP contribution is -1.96. The number of aryl methyl sites for hydroxylation is 2. The van der Waals surface area contributed by atoms with Crippen molar-refractivity contribution in [3.05, 3.63) is 59.8 Å². The van der Waals surface area contributed by atoms with E-state index in [-0.39, 0.29) is 0 Å². The molecule has 0 aliphatic heterocycles. The quantitative estimate of drug-likeness (QED) is 0.846. The fourth-order valence-electron chi connectivity index (χ4n) is 1.76. The molecule has 0 unspecified atom stereocenters. The fraction of sp³-hybridized carbons (Fsp3) is 0.214. The maximum atomic E-state index is 5.63. The molecule has 0 amide bonds. The van der Waals surface area contributed by atoms with Crippen molar-refractivity contribution in [3.63, 3.8) is 0 Å². The van der Waals surface area contributed by atoms with Crippen molar-refractivity contribution in [2.24, 2.45) is 0 Å². The van der Waals surface area contributed by atoms with Crippen molar-refractivity contribution in [2.45, 2.75) is 19.3 Å². The molecule has 1 aromatic carbocycles. The van der Waals surface area contributed by atoms with Gasteiger partial charge in [0.2, 0.25) is 0 Å². The van der Waals surface area contributed by atoms with E-state index in [4.69, 9.17) is 5.73 Å². The number of rotatable bonds is 4. The zero-order chi connectivity index (χ0) is 11.2. The molecule has 1 aromatic heterocycles. The molecule has 0 fully saturated rings. The van der Waals surface area contributed by atoms with Gasteiger partial charge in [-0.2, -0.15) is 0 Å². The maximum absolute atomic E-state index is 5.63. The molecule has 2 rings (SSSR count). The van der Waals surface area contributed by atoms with Crippen LogP contribution in [-0.2, 0) is 12.8 Å². The summed E-state index contributed by atoms with van der Waals surface area (Å²) in [6.07, 6.45) is 3.19. The summed E-state index contributed by atoms with van der Waals surface area (Å²) in [4.78, 5) is 4.28. The van der Waals surface area contributed by atoms with Crippen LogP contribution >= 0.6 is 0 Å². The van der Waals surface area contributed by atoms with Crippen molar-refractivity contribution in [1.82, 2.24) is 4.98 Å². The summed E-state index contributed by atoms with van der Waals surface area (Å²) in [5.74, 6) is 0.609. The molecule has 0 bridgehead atoms. The van der Waals surface area contributed by atoms with Crippen molar-refractivity contribution in [1.29, 1.82) is 0 Å². The Balaban J connectivity index is 1.85. The van der Waals surface area contributed by atoms with E-state index in [0.29, 0.717) is 5.82 Å². The first-order valence-electron chi connectivity index (χ1n) is 5.60. The van der Waals surface area contributed by atoms with Gasteiger partial charge in [-0.1, -0.05) is 36.4 Å². The highest BCUT2D eigenvalue weighted by Gasteiger charge is 1.96. The van der Waals surface area contributed by atoms with Crippen LogP contribution in [0, 0.1) is 0 Å². The maximum Gasteiger partial charge on any atom is 0.123 e. The molecular weight excluding hydrogens is 196 g/mol. The first kappa shape index (κ1) is 10.7. The first-order valence-corrected chi connectivity index (χ1v) is 5.60. The molecule has 2 nitrogen and oxygen atoms in total. The summed E-state index contributed by atoms with van der Waals surface area (Å²) >= 11 is 0. The number of anilines is 1. The Bertz CT molecular complexity index is 437. The first-order chi connectivity index (χ1) is 7.84. The van der Waals surface area contributed by atoms with Crippen molar-refractivity contribution < 1.29 is 0 Å². The van der Waals surface area contributed by atoms with Gasteiger partial charge in [0.15, 0.2) is 0 Å². The lowest BCUT2D eigenvalue weighted by molar-refractivity contribution is 0.800. The second kappa shape index (κ2) is 5.31. The molecule has 2 aromatic rings. The molecule has 0 aliphatic rings. The average molecular weight is 212 g/mol. The van der Waals surface area contributed by atoms with Crippen molar-refractivity contribution in [3.8, 4) is 0 Å². The van der Waals surface area contributed by atoms with Crippen molar-refractivity contribution in [2.75, 3.05) is 5.73 Å². The standard InChI is InChI=1S/C14H16N2/c15-14-11-5-10-13(16-14)9-4-8-12-6-2-1-3-7-12/h1-3,5-7,10-11H,4,8-9H2,(H2,15,16). The molecule has 0 radical (unpaired) electrons. The highest BCUT2D eigenvalue weighted by molar-refractivity contribution is 5.28. The highest BCUT2D eigenvalue weighted by atomic mass is 14.8. The van der Waals surface area contributed by atoms with Gasteiger partial charge in [-0.3, -0.25) is 0 Å². The molecule has 2 heteroatoms. The van der Waals surface area contributed by atoms with Gasteiger partial charge in [0.1, 0.15) is 5.82 Å². The molecule has 0 saturated carbocycles. The Hall–Kier alpha value is -1.83. The number of hydrogen-bond acceptors (Lipinski definition) is 2. The number of nitrogen functional groups attached to an aromatic ring is 1. The van der Waals surface area contributed by atoms with E-state index in [1.165, 1.54) is 5.56 Å². The Morgan fingerprint density at radius 3 is 2.44 bits per heavy atom. The predicted octanol–water partition coefficient (Wildman–Crippen LogP) is 2.84.